The van der Waals surface area contributed by atoms with Gasteiger partial charge in [0, 0.05) is 22.2 Å². The lowest BCUT2D eigenvalue weighted by atomic mass is 10.2. The summed E-state index contributed by atoms with van der Waals surface area (Å²) in [6, 6.07) is 3.72. The number of thiophene rings is 1. The number of amides is 2. The quantitative estimate of drug-likeness (QED) is 0.867. The lowest BCUT2D eigenvalue weighted by Crippen LogP contribution is -2.42. The summed E-state index contributed by atoms with van der Waals surface area (Å²) in [5.74, 6) is 0.181. The molecule has 21 heavy (non-hydrogen) atoms. The Bertz CT molecular complexity index is 557. The highest BCUT2D eigenvalue weighted by atomic mass is 32.1. The molecule has 0 bridgehead atoms. The fourth-order valence-electron chi connectivity index (χ4n) is 3.01. The number of esters is 1. The Balaban J connectivity index is 1.48. The molecule has 0 aromatic carbocycles. The van der Waals surface area contributed by atoms with Crippen molar-refractivity contribution in [1.82, 2.24) is 4.90 Å². The first-order chi connectivity index (χ1) is 10.1. The highest BCUT2D eigenvalue weighted by Gasteiger charge is 2.46. The molecule has 2 N–H and O–H groups in total. The van der Waals surface area contributed by atoms with Crippen molar-refractivity contribution in [2.24, 2.45) is 11.7 Å². The molecule has 1 saturated heterocycles. The predicted molar refractivity (Wildman–Crippen MR) is 80.2 cm³/mol. The van der Waals surface area contributed by atoms with E-state index < -0.39 is 6.03 Å². The molecule has 1 aliphatic heterocycles. The van der Waals surface area contributed by atoms with Gasteiger partial charge in [-0.25, -0.2) is 4.79 Å². The number of nitrogens with two attached hydrogens (primary N) is 1. The van der Waals surface area contributed by atoms with Crippen LogP contribution in [0, 0.1) is 12.8 Å². The van der Waals surface area contributed by atoms with Gasteiger partial charge in [-0.1, -0.05) is 0 Å². The number of likely N-dealkylation sites (tertiary alicyclic amines) is 1. The Morgan fingerprint density at radius 1 is 1.48 bits per heavy atom. The van der Waals surface area contributed by atoms with E-state index in [-0.39, 0.29) is 24.5 Å². The molecule has 2 fully saturated rings. The monoisotopic (exact) mass is 308 g/mol. The van der Waals surface area contributed by atoms with Crippen LogP contribution < -0.4 is 5.73 Å². The minimum absolute atomic E-state index is 0.00789. The zero-order valence-electron chi connectivity index (χ0n) is 12.1. The standard InChI is InChI=1S/C15H20N2O3S/c1-9-4-5-13(21-9)11-7-12(11)14(18)20-8-10-3-2-6-17(10)15(16)19/h4-5,10-12H,2-3,6-8H2,1H3,(H2,16,19)/t10-,11-,12-/m1/s1. The van der Waals surface area contributed by atoms with Crippen LogP contribution in [-0.4, -0.2) is 36.1 Å². The van der Waals surface area contributed by atoms with Crippen LogP contribution >= 0.6 is 11.3 Å². The van der Waals surface area contributed by atoms with Crippen molar-refractivity contribution >= 4 is 23.3 Å². The van der Waals surface area contributed by atoms with Gasteiger partial charge in [-0.3, -0.25) is 4.79 Å². The number of urea groups is 1. The van der Waals surface area contributed by atoms with Gasteiger partial charge in [0.05, 0.1) is 12.0 Å². The van der Waals surface area contributed by atoms with Crippen molar-refractivity contribution in [2.45, 2.75) is 38.1 Å². The zero-order valence-corrected chi connectivity index (χ0v) is 12.9. The van der Waals surface area contributed by atoms with Crippen LogP contribution in [0.4, 0.5) is 4.79 Å². The van der Waals surface area contributed by atoms with Crippen molar-refractivity contribution in [1.29, 1.82) is 0 Å². The summed E-state index contributed by atoms with van der Waals surface area (Å²) in [5.41, 5.74) is 5.31. The van der Waals surface area contributed by atoms with E-state index in [1.54, 1.807) is 16.2 Å². The van der Waals surface area contributed by atoms with E-state index in [1.165, 1.54) is 9.75 Å². The number of aryl methyl sites for hydroxylation is 1. The maximum absolute atomic E-state index is 12.1. The van der Waals surface area contributed by atoms with E-state index >= 15 is 0 Å². The van der Waals surface area contributed by atoms with Crippen molar-refractivity contribution in [3.05, 3.63) is 21.9 Å². The Morgan fingerprint density at radius 3 is 2.95 bits per heavy atom. The van der Waals surface area contributed by atoms with E-state index in [0.717, 1.165) is 19.3 Å². The fourth-order valence-corrected chi connectivity index (χ4v) is 4.06. The number of nitrogens with zero attached hydrogens (tertiary/aromatic N) is 1. The van der Waals surface area contributed by atoms with Crippen molar-refractivity contribution in [2.75, 3.05) is 13.2 Å². The van der Waals surface area contributed by atoms with E-state index in [4.69, 9.17) is 10.5 Å². The molecule has 1 aromatic heterocycles. The van der Waals surface area contributed by atoms with Gasteiger partial charge >= 0.3 is 12.0 Å². The molecule has 0 unspecified atom stereocenters. The van der Waals surface area contributed by atoms with Crippen LogP contribution in [0.1, 0.15) is 34.9 Å². The molecule has 1 aliphatic carbocycles. The molecule has 114 valence electrons. The van der Waals surface area contributed by atoms with E-state index in [9.17, 15) is 9.59 Å². The van der Waals surface area contributed by atoms with E-state index in [2.05, 4.69) is 19.1 Å². The molecule has 5 nitrogen and oxygen atoms in total. The predicted octanol–water partition coefficient (Wildman–Crippen LogP) is 2.25. The molecule has 3 rings (SSSR count). The van der Waals surface area contributed by atoms with Gasteiger partial charge < -0.3 is 15.4 Å². The summed E-state index contributed by atoms with van der Waals surface area (Å²) < 4.78 is 5.41. The number of carbonyl (C=O) groups excluding carboxylic acids is 2. The second-order valence-electron chi connectivity index (χ2n) is 5.85. The SMILES string of the molecule is Cc1ccc([C@@H]2C[C@H]2C(=O)OC[C@H]2CCCN2C(N)=O)s1. The minimum Gasteiger partial charge on any atom is -0.463 e. The average Bonchev–Trinajstić information content (AvgIpc) is 2.90. The minimum atomic E-state index is -0.424. The Hall–Kier alpha value is -1.56. The van der Waals surface area contributed by atoms with Crippen molar-refractivity contribution < 1.29 is 14.3 Å². The number of hydrogen-bond donors (Lipinski definition) is 1. The van der Waals surface area contributed by atoms with Gasteiger partial charge in [0.25, 0.3) is 0 Å². The number of rotatable bonds is 4. The molecular formula is C15H20N2O3S. The molecular weight excluding hydrogens is 288 g/mol. The van der Waals surface area contributed by atoms with Gasteiger partial charge in [-0.15, -0.1) is 11.3 Å². The first-order valence-electron chi connectivity index (χ1n) is 7.35. The number of ether oxygens (including phenoxy) is 1. The smallest absolute Gasteiger partial charge is 0.315 e. The normalized spacial score (nSPS) is 27.7. The molecule has 0 spiro atoms. The Kier molecular flexibility index (Phi) is 3.89. The summed E-state index contributed by atoms with van der Waals surface area (Å²) in [6.45, 7) is 3.01. The second-order valence-corrected chi connectivity index (χ2v) is 7.17. The summed E-state index contributed by atoms with van der Waals surface area (Å²) in [4.78, 5) is 27.5. The van der Waals surface area contributed by atoms with E-state index in [1.807, 2.05) is 0 Å². The molecule has 1 saturated carbocycles. The summed E-state index contributed by atoms with van der Waals surface area (Å²) >= 11 is 1.75. The molecule has 1 aromatic rings. The summed E-state index contributed by atoms with van der Waals surface area (Å²) in [6.07, 6.45) is 2.66. The van der Waals surface area contributed by atoms with Crippen LogP contribution in [0.5, 0.6) is 0 Å². The summed E-state index contributed by atoms with van der Waals surface area (Å²) in [7, 11) is 0. The Morgan fingerprint density at radius 2 is 2.29 bits per heavy atom. The van der Waals surface area contributed by atoms with Crippen LogP contribution in [0.2, 0.25) is 0 Å². The maximum atomic E-state index is 12.1. The molecule has 6 heteroatoms. The van der Waals surface area contributed by atoms with Crippen LogP contribution in [-0.2, 0) is 9.53 Å². The third-order valence-corrected chi connectivity index (χ3v) is 5.43. The fraction of sp³-hybridized carbons (Fsp3) is 0.600. The highest BCUT2D eigenvalue weighted by Crippen LogP contribution is 2.50. The van der Waals surface area contributed by atoms with Crippen LogP contribution in [0.15, 0.2) is 12.1 Å². The Labute approximate surface area is 128 Å². The first kappa shape index (κ1) is 14.4. The average molecular weight is 308 g/mol. The van der Waals surface area contributed by atoms with Gasteiger partial charge in [-0.05, 0) is 38.3 Å². The lowest BCUT2D eigenvalue weighted by Gasteiger charge is -2.22. The van der Waals surface area contributed by atoms with Gasteiger partial charge in [-0.2, -0.15) is 0 Å². The van der Waals surface area contributed by atoms with E-state index in [0.29, 0.717) is 12.5 Å². The van der Waals surface area contributed by atoms with Crippen LogP contribution in [0.25, 0.3) is 0 Å². The number of carbonyl (C=O) groups is 2. The maximum Gasteiger partial charge on any atom is 0.315 e. The summed E-state index contributed by atoms with van der Waals surface area (Å²) in [5, 5.41) is 0. The van der Waals surface area contributed by atoms with Crippen LogP contribution in [0.3, 0.4) is 0 Å². The molecule has 3 atom stereocenters. The first-order valence-corrected chi connectivity index (χ1v) is 8.17. The zero-order chi connectivity index (χ0) is 15.0. The van der Waals surface area contributed by atoms with Gasteiger partial charge in [0.15, 0.2) is 0 Å². The van der Waals surface area contributed by atoms with Gasteiger partial charge in [0.1, 0.15) is 6.61 Å². The van der Waals surface area contributed by atoms with Gasteiger partial charge in [0.2, 0.25) is 0 Å². The number of primary amides is 1. The third-order valence-electron chi connectivity index (χ3n) is 4.30. The highest BCUT2D eigenvalue weighted by molar-refractivity contribution is 7.12. The van der Waals surface area contributed by atoms with Crippen molar-refractivity contribution in [3.63, 3.8) is 0 Å². The molecule has 0 radical (unpaired) electrons. The van der Waals surface area contributed by atoms with Crippen molar-refractivity contribution in [3.8, 4) is 0 Å². The topological polar surface area (TPSA) is 72.6 Å². The largest absolute Gasteiger partial charge is 0.463 e. The molecule has 2 amide bonds. The third kappa shape index (κ3) is 3.05. The number of hydrogen-bond acceptors (Lipinski definition) is 4. The lowest BCUT2D eigenvalue weighted by molar-refractivity contribution is -0.146. The molecule has 2 heterocycles. The molecule has 2 aliphatic rings. The second kappa shape index (κ2) is 5.67.